The molecule has 0 unspecified atom stereocenters. The van der Waals surface area contributed by atoms with Gasteiger partial charge in [-0.1, -0.05) is 23.7 Å². The van der Waals surface area contributed by atoms with Gasteiger partial charge in [-0.3, -0.25) is 4.90 Å². The Balaban J connectivity index is 1.13. The highest BCUT2D eigenvalue weighted by Gasteiger charge is 2.25. The Morgan fingerprint density at radius 2 is 2.02 bits per heavy atom. The first-order chi connectivity index (χ1) is 19.6. The topological polar surface area (TPSA) is 62.8 Å². The van der Waals surface area contributed by atoms with E-state index in [1.807, 2.05) is 18.2 Å². The Bertz CT molecular complexity index is 1550. The van der Waals surface area contributed by atoms with E-state index >= 15 is 0 Å². The van der Waals surface area contributed by atoms with Crippen LogP contribution < -0.4 is 10.1 Å². The van der Waals surface area contributed by atoms with Gasteiger partial charge in [-0.15, -0.1) is 11.3 Å². The summed E-state index contributed by atoms with van der Waals surface area (Å²) in [6.07, 6.45) is 3.90. The monoisotopic (exact) mass is 577 g/mol. The third-order valence-electron chi connectivity index (χ3n) is 7.06. The number of hydrogen-bond acceptors (Lipinski definition) is 8. The number of thiophene rings is 1. The molecular weight excluding hydrogens is 549 g/mol. The number of aromatic nitrogens is 2. The Hall–Kier alpha value is -3.42. The second kappa shape index (κ2) is 12.4. The van der Waals surface area contributed by atoms with E-state index < -0.39 is 0 Å². The number of nitrogens with one attached hydrogen (secondary N) is 1. The number of morpholine rings is 1. The molecule has 0 bridgehead atoms. The van der Waals surface area contributed by atoms with E-state index in [1.165, 1.54) is 25.0 Å². The lowest BCUT2D eigenvalue weighted by Gasteiger charge is -2.31. The molecule has 2 aromatic heterocycles. The Morgan fingerprint density at radius 3 is 2.88 bits per heavy atom. The molecule has 2 aliphatic rings. The van der Waals surface area contributed by atoms with Gasteiger partial charge < -0.3 is 19.7 Å². The van der Waals surface area contributed by atoms with Gasteiger partial charge in [0.15, 0.2) is 5.82 Å². The molecule has 40 heavy (non-hydrogen) atoms. The summed E-state index contributed by atoms with van der Waals surface area (Å²) in [5.41, 5.74) is 2.35. The molecule has 0 aliphatic carbocycles. The molecule has 1 N–H and O–H groups in total. The van der Waals surface area contributed by atoms with Crippen molar-refractivity contribution in [3.8, 4) is 17.7 Å². The van der Waals surface area contributed by atoms with Crippen LogP contribution in [0.5, 0.6) is 5.75 Å². The first kappa shape index (κ1) is 26.8. The lowest BCUT2D eigenvalue weighted by Crippen LogP contribution is -2.43. The first-order valence-corrected chi connectivity index (χ1v) is 14.6. The third-order valence-corrected chi connectivity index (χ3v) is 8.40. The maximum Gasteiger partial charge on any atom is 0.151 e. The summed E-state index contributed by atoms with van der Waals surface area (Å²) >= 11 is 8.07. The average Bonchev–Trinajstić information content (AvgIpc) is 3.59. The Kier molecular flexibility index (Phi) is 8.30. The molecule has 0 amide bonds. The summed E-state index contributed by atoms with van der Waals surface area (Å²) in [7, 11) is 0. The third kappa shape index (κ3) is 6.48. The standard InChI is InChI=1S/C30H29ClFN5O2S/c31-26-16-23(6-7-28(26)39-19-21-3-1-4-22(32)15-21)35-30-29-27(33-20-34-30)17-25(40-29)8-10-37-9-2-5-24(37)18-36-11-13-38-14-12-36/h1,3-4,6-7,15-17,20,24H,2,5,9,11-14,18-19H2,(H,33,34,35)/t24-/m1/s1. The quantitative estimate of drug-likeness (QED) is 0.274. The van der Waals surface area contributed by atoms with Gasteiger partial charge in [0.05, 0.1) is 33.3 Å². The normalized spacial score (nSPS) is 17.6. The lowest BCUT2D eigenvalue weighted by atomic mass is 10.2. The number of nitrogens with zero attached hydrogens (tertiary/aromatic N) is 4. The highest BCUT2D eigenvalue weighted by atomic mass is 35.5. The molecular formula is C30H29ClFN5O2S. The minimum absolute atomic E-state index is 0.223. The fourth-order valence-corrected chi connectivity index (χ4v) is 6.15. The maximum atomic E-state index is 13.4. The van der Waals surface area contributed by atoms with Crippen LogP contribution in [0.25, 0.3) is 10.2 Å². The van der Waals surface area contributed by atoms with E-state index in [1.54, 1.807) is 35.9 Å². The van der Waals surface area contributed by atoms with Crippen molar-refractivity contribution in [1.82, 2.24) is 19.8 Å². The van der Waals surface area contributed by atoms with Gasteiger partial charge >= 0.3 is 0 Å². The van der Waals surface area contributed by atoms with Crippen molar-refractivity contribution in [3.63, 3.8) is 0 Å². The second-order valence-electron chi connectivity index (χ2n) is 9.88. The largest absolute Gasteiger partial charge is 0.487 e. The molecule has 7 nitrogen and oxygen atoms in total. The van der Waals surface area contributed by atoms with Gasteiger partial charge in [0.1, 0.15) is 24.5 Å². The number of fused-ring (bicyclic) bond motifs is 1. The second-order valence-corrected chi connectivity index (χ2v) is 11.3. The van der Waals surface area contributed by atoms with Crippen LogP contribution in [-0.4, -0.2) is 65.2 Å². The van der Waals surface area contributed by atoms with Gasteiger partial charge in [-0.25, -0.2) is 14.4 Å². The molecule has 0 radical (unpaired) electrons. The maximum absolute atomic E-state index is 13.4. The predicted molar refractivity (Wildman–Crippen MR) is 157 cm³/mol. The summed E-state index contributed by atoms with van der Waals surface area (Å²) in [4.78, 5) is 14.7. The van der Waals surface area contributed by atoms with Crippen LogP contribution in [0.15, 0.2) is 54.9 Å². The molecule has 10 heteroatoms. The average molecular weight is 578 g/mol. The van der Waals surface area contributed by atoms with Crippen molar-refractivity contribution < 1.29 is 13.9 Å². The minimum atomic E-state index is -0.297. The molecule has 2 aromatic carbocycles. The summed E-state index contributed by atoms with van der Waals surface area (Å²) in [5, 5.41) is 3.80. The summed E-state index contributed by atoms with van der Waals surface area (Å²) < 4.78 is 25.7. The number of likely N-dealkylation sites (tertiary alicyclic amines) is 1. The first-order valence-electron chi connectivity index (χ1n) is 13.4. The Labute approximate surface area is 241 Å². The number of benzene rings is 2. The van der Waals surface area contributed by atoms with Crippen molar-refractivity contribution in [1.29, 1.82) is 0 Å². The van der Waals surface area contributed by atoms with E-state index in [4.69, 9.17) is 21.1 Å². The van der Waals surface area contributed by atoms with Crippen LogP contribution in [-0.2, 0) is 11.3 Å². The van der Waals surface area contributed by atoms with Crippen LogP contribution in [0, 0.1) is 17.8 Å². The number of hydrogen-bond donors (Lipinski definition) is 1. The van der Waals surface area contributed by atoms with Gasteiger partial charge in [0, 0.05) is 44.0 Å². The fourth-order valence-electron chi connectivity index (χ4n) is 5.01. The molecule has 0 saturated carbocycles. The fraction of sp³-hybridized carbons (Fsp3) is 0.333. The molecule has 4 aromatic rings. The minimum Gasteiger partial charge on any atom is -0.487 e. The zero-order chi connectivity index (χ0) is 27.3. The molecule has 1 atom stereocenters. The number of halogens is 2. The molecule has 2 fully saturated rings. The number of ether oxygens (including phenoxy) is 2. The van der Waals surface area contributed by atoms with Gasteiger partial charge in [0.25, 0.3) is 0 Å². The van der Waals surface area contributed by atoms with Crippen LogP contribution >= 0.6 is 22.9 Å². The van der Waals surface area contributed by atoms with Crippen molar-refractivity contribution in [2.24, 2.45) is 0 Å². The van der Waals surface area contributed by atoms with Gasteiger partial charge in [0.2, 0.25) is 0 Å². The van der Waals surface area contributed by atoms with Crippen molar-refractivity contribution in [2.75, 3.05) is 44.7 Å². The lowest BCUT2D eigenvalue weighted by molar-refractivity contribution is 0.0302. The van der Waals surface area contributed by atoms with Crippen LogP contribution in [0.4, 0.5) is 15.9 Å². The zero-order valence-corrected chi connectivity index (χ0v) is 23.5. The van der Waals surface area contributed by atoms with E-state index in [0.717, 1.165) is 65.7 Å². The van der Waals surface area contributed by atoms with E-state index in [9.17, 15) is 4.39 Å². The summed E-state index contributed by atoms with van der Waals surface area (Å²) in [6.45, 7) is 5.90. The molecule has 4 heterocycles. The molecule has 206 valence electrons. The Morgan fingerprint density at radius 1 is 1.12 bits per heavy atom. The van der Waals surface area contributed by atoms with Crippen molar-refractivity contribution in [2.45, 2.75) is 25.5 Å². The van der Waals surface area contributed by atoms with E-state index in [-0.39, 0.29) is 12.4 Å². The van der Waals surface area contributed by atoms with Crippen molar-refractivity contribution in [3.05, 3.63) is 76.1 Å². The van der Waals surface area contributed by atoms with E-state index in [0.29, 0.717) is 22.6 Å². The summed E-state index contributed by atoms with van der Waals surface area (Å²) in [5.74, 6) is 4.29. The SMILES string of the molecule is Fc1cccc(COc2ccc(Nc3ncnc4cc(C#CN5CCC[C@@H]5CN5CCOCC5)sc34)cc2Cl)c1. The van der Waals surface area contributed by atoms with E-state index in [2.05, 4.69) is 37.0 Å². The molecule has 6 rings (SSSR count). The number of anilines is 2. The van der Waals surface area contributed by atoms with Crippen LogP contribution in [0.1, 0.15) is 23.3 Å². The molecule has 2 saturated heterocycles. The predicted octanol–water partition coefficient (Wildman–Crippen LogP) is 5.91. The van der Waals surface area contributed by atoms with Gasteiger partial charge in [-0.05, 0) is 60.7 Å². The smallest absolute Gasteiger partial charge is 0.151 e. The zero-order valence-electron chi connectivity index (χ0n) is 21.9. The van der Waals surface area contributed by atoms with Crippen LogP contribution in [0.3, 0.4) is 0 Å². The van der Waals surface area contributed by atoms with Crippen LogP contribution in [0.2, 0.25) is 5.02 Å². The highest BCUT2D eigenvalue weighted by molar-refractivity contribution is 7.20. The molecule has 0 spiro atoms. The molecule has 2 aliphatic heterocycles. The van der Waals surface area contributed by atoms with Crippen molar-refractivity contribution >= 4 is 44.7 Å². The van der Waals surface area contributed by atoms with Gasteiger partial charge in [-0.2, -0.15) is 0 Å². The highest BCUT2D eigenvalue weighted by Crippen LogP contribution is 2.33. The number of rotatable bonds is 7. The summed E-state index contributed by atoms with van der Waals surface area (Å²) in [6, 6.07) is 17.7.